The second-order valence-electron chi connectivity index (χ2n) is 4.86. The fraction of sp³-hybridized carbons (Fsp3) is 0.429. The first kappa shape index (κ1) is 18.5. The molecule has 7 heteroatoms. The number of sulfonamides is 1. The van der Waals surface area contributed by atoms with E-state index in [9.17, 15) is 8.42 Å². The smallest absolute Gasteiger partial charge is 0.245 e. The van der Waals surface area contributed by atoms with E-state index in [0.29, 0.717) is 17.1 Å². The normalized spacial score (nSPS) is 12.1. The van der Waals surface area contributed by atoms with E-state index in [2.05, 4.69) is 11.9 Å². The monoisotopic (exact) mass is 350 g/mol. The molecule has 0 aromatic heterocycles. The third kappa shape index (κ3) is 4.20. The first-order valence-corrected chi connectivity index (χ1v) is 8.70. The van der Waals surface area contributed by atoms with Gasteiger partial charge in [0.15, 0.2) is 0 Å². The second-order valence-corrected chi connectivity index (χ2v) is 7.54. The Morgan fingerprint density at radius 1 is 1.38 bits per heavy atom. The van der Waals surface area contributed by atoms with Crippen molar-refractivity contribution in [1.82, 2.24) is 9.62 Å². The van der Waals surface area contributed by atoms with E-state index in [1.54, 1.807) is 33.0 Å². The molecule has 0 saturated carbocycles. The van der Waals surface area contributed by atoms with Gasteiger partial charge in [-0.2, -0.15) is 4.31 Å². The van der Waals surface area contributed by atoms with Crippen molar-refractivity contribution in [2.24, 2.45) is 0 Å². The first-order valence-electron chi connectivity index (χ1n) is 6.51. The van der Waals surface area contributed by atoms with E-state index < -0.39 is 10.0 Å². The van der Waals surface area contributed by atoms with Gasteiger partial charge >= 0.3 is 0 Å². The predicted molar refractivity (Wildman–Crippen MR) is 88.5 cm³/mol. The van der Waals surface area contributed by atoms with Crippen LogP contribution in [-0.2, 0) is 16.6 Å². The molecule has 0 saturated heterocycles. The maximum Gasteiger partial charge on any atom is 0.245 e. The van der Waals surface area contributed by atoms with Crippen LogP contribution < -0.4 is 5.32 Å². The Hall–Kier alpha value is -0.590. The van der Waals surface area contributed by atoms with E-state index >= 15 is 0 Å². The maximum absolute atomic E-state index is 12.8. The number of nitrogens with one attached hydrogen (secondary N) is 1. The summed E-state index contributed by atoms with van der Waals surface area (Å²) >= 11 is 12.3. The molecule has 0 heterocycles. The van der Waals surface area contributed by atoms with Gasteiger partial charge < -0.3 is 5.32 Å². The summed E-state index contributed by atoms with van der Waals surface area (Å²) in [5.74, 6) is 0. The van der Waals surface area contributed by atoms with Crippen molar-refractivity contribution in [2.75, 3.05) is 13.6 Å². The lowest BCUT2D eigenvalue weighted by Gasteiger charge is -2.25. The highest BCUT2D eigenvalue weighted by Gasteiger charge is 2.29. The topological polar surface area (TPSA) is 49.4 Å². The molecule has 0 aliphatic carbocycles. The average molecular weight is 351 g/mol. The lowest BCUT2D eigenvalue weighted by molar-refractivity contribution is 0.383. The van der Waals surface area contributed by atoms with Gasteiger partial charge in [-0.15, -0.1) is 6.58 Å². The molecule has 0 amide bonds. The quantitative estimate of drug-likeness (QED) is 0.767. The molecule has 0 atom stereocenters. The van der Waals surface area contributed by atoms with Crippen LogP contribution in [0.25, 0.3) is 0 Å². The van der Waals surface area contributed by atoms with Crippen molar-refractivity contribution in [3.05, 3.63) is 40.4 Å². The highest BCUT2D eigenvalue weighted by Crippen LogP contribution is 2.32. The summed E-state index contributed by atoms with van der Waals surface area (Å²) in [5.41, 5.74) is 0.646. The Morgan fingerprint density at radius 2 is 2.00 bits per heavy atom. The molecule has 0 radical (unpaired) electrons. The van der Waals surface area contributed by atoms with Crippen molar-refractivity contribution in [3.63, 3.8) is 0 Å². The molecule has 0 aliphatic heterocycles. The van der Waals surface area contributed by atoms with Gasteiger partial charge in [0, 0.05) is 24.2 Å². The molecule has 118 valence electrons. The molecule has 0 unspecified atom stereocenters. The maximum atomic E-state index is 12.8. The molecule has 1 N–H and O–H groups in total. The molecule has 1 aromatic carbocycles. The number of nitrogens with zero attached hydrogens (tertiary/aromatic N) is 1. The van der Waals surface area contributed by atoms with E-state index in [1.807, 2.05) is 0 Å². The summed E-state index contributed by atoms with van der Waals surface area (Å²) in [4.78, 5) is 0.0254. The number of hydrogen-bond acceptors (Lipinski definition) is 3. The van der Waals surface area contributed by atoms with Crippen LogP contribution in [-0.4, -0.2) is 32.4 Å². The van der Waals surface area contributed by atoms with Crippen LogP contribution in [0.3, 0.4) is 0 Å². The summed E-state index contributed by atoms with van der Waals surface area (Å²) in [7, 11) is -1.99. The Balaban J connectivity index is 3.46. The zero-order valence-corrected chi connectivity index (χ0v) is 14.7. The molecule has 0 spiro atoms. The molecule has 1 aromatic rings. The van der Waals surface area contributed by atoms with E-state index in [1.165, 1.54) is 10.4 Å². The summed E-state index contributed by atoms with van der Waals surface area (Å²) in [6.07, 6.45) is 1.55. The summed E-state index contributed by atoms with van der Waals surface area (Å²) < 4.78 is 26.9. The van der Waals surface area contributed by atoms with Crippen LogP contribution in [0.15, 0.2) is 29.7 Å². The van der Waals surface area contributed by atoms with Crippen LogP contribution in [0.4, 0.5) is 0 Å². The highest BCUT2D eigenvalue weighted by molar-refractivity contribution is 7.89. The second kappa shape index (κ2) is 7.61. The third-order valence-corrected chi connectivity index (χ3v) is 5.76. The van der Waals surface area contributed by atoms with Gasteiger partial charge in [-0.05, 0) is 38.6 Å². The molecule has 1 rings (SSSR count). The van der Waals surface area contributed by atoms with Crippen LogP contribution >= 0.6 is 23.2 Å². The van der Waals surface area contributed by atoms with E-state index in [0.717, 1.165) is 0 Å². The van der Waals surface area contributed by atoms with Crippen LogP contribution in [0.2, 0.25) is 10.0 Å². The standard InChI is InChI=1S/C14H20Cl2N2O2S/c1-5-6-18(10(2)3)21(19,20)13-8-12(15)7-11(9-17-4)14(13)16/h5,7-8,10,17H,1,6,9H2,2-4H3. The minimum atomic E-state index is -3.74. The largest absolute Gasteiger partial charge is 0.316 e. The number of hydrogen-bond donors (Lipinski definition) is 1. The van der Waals surface area contributed by atoms with Gasteiger partial charge in [0.25, 0.3) is 0 Å². The lowest BCUT2D eigenvalue weighted by Crippen LogP contribution is -2.37. The summed E-state index contributed by atoms with van der Waals surface area (Å²) in [6, 6.07) is 2.83. The van der Waals surface area contributed by atoms with Crippen molar-refractivity contribution in [1.29, 1.82) is 0 Å². The Kier molecular flexibility index (Phi) is 6.69. The van der Waals surface area contributed by atoms with Crippen LogP contribution in [0, 0.1) is 0 Å². The number of halogens is 2. The zero-order chi connectivity index (χ0) is 16.2. The molecule has 0 aliphatic rings. The Bertz CT molecular complexity index is 616. The molecule has 4 nitrogen and oxygen atoms in total. The molecular weight excluding hydrogens is 331 g/mol. The van der Waals surface area contributed by atoms with Crippen molar-refractivity contribution in [3.8, 4) is 0 Å². The molecular formula is C14H20Cl2N2O2S. The fourth-order valence-corrected chi connectivity index (χ4v) is 4.48. The van der Waals surface area contributed by atoms with Gasteiger partial charge in [0.05, 0.1) is 5.02 Å². The van der Waals surface area contributed by atoms with Crippen LogP contribution in [0.5, 0.6) is 0 Å². The highest BCUT2D eigenvalue weighted by atomic mass is 35.5. The Labute approximate surface area is 136 Å². The van der Waals surface area contributed by atoms with Crippen molar-refractivity contribution < 1.29 is 8.42 Å². The lowest BCUT2D eigenvalue weighted by atomic mass is 10.2. The minimum absolute atomic E-state index is 0.0254. The number of rotatable bonds is 7. The van der Waals surface area contributed by atoms with Gasteiger partial charge in [0.1, 0.15) is 4.90 Å². The summed E-state index contributed by atoms with van der Waals surface area (Å²) in [5, 5.41) is 3.48. The van der Waals surface area contributed by atoms with E-state index in [4.69, 9.17) is 23.2 Å². The van der Waals surface area contributed by atoms with Gasteiger partial charge in [0.2, 0.25) is 10.0 Å². The third-order valence-electron chi connectivity index (χ3n) is 2.92. The van der Waals surface area contributed by atoms with Gasteiger partial charge in [-0.25, -0.2) is 8.42 Å². The fourth-order valence-electron chi connectivity index (χ4n) is 1.97. The first-order chi connectivity index (χ1) is 9.75. The van der Waals surface area contributed by atoms with Crippen molar-refractivity contribution >= 4 is 33.2 Å². The average Bonchev–Trinajstić information content (AvgIpc) is 2.39. The molecule has 21 heavy (non-hydrogen) atoms. The Morgan fingerprint density at radius 3 is 2.48 bits per heavy atom. The zero-order valence-electron chi connectivity index (χ0n) is 12.4. The molecule has 0 bridgehead atoms. The SMILES string of the molecule is C=CCN(C(C)C)S(=O)(=O)c1cc(Cl)cc(CNC)c1Cl. The molecule has 0 fully saturated rings. The van der Waals surface area contributed by atoms with Crippen molar-refractivity contribution in [2.45, 2.75) is 31.3 Å². The predicted octanol–water partition coefficient (Wildman–Crippen LogP) is 3.30. The number of benzene rings is 1. The van der Waals surface area contributed by atoms with E-state index in [-0.39, 0.29) is 22.5 Å². The van der Waals surface area contributed by atoms with Gasteiger partial charge in [-0.3, -0.25) is 0 Å². The summed E-state index contributed by atoms with van der Waals surface area (Å²) in [6.45, 7) is 7.85. The van der Waals surface area contributed by atoms with Crippen LogP contribution in [0.1, 0.15) is 19.4 Å². The minimum Gasteiger partial charge on any atom is -0.316 e. The van der Waals surface area contributed by atoms with Gasteiger partial charge in [-0.1, -0.05) is 29.3 Å².